The van der Waals surface area contributed by atoms with Gasteiger partial charge >= 0.3 is 5.97 Å². The summed E-state index contributed by atoms with van der Waals surface area (Å²) in [6.45, 7) is 0.572. The number of hydrogen-bond donors (Lipinski definition) is 2. The van der Waals surface area contributed by atoms with Crippen LogP contribution in [0.1, 0.15) is 11.1 Å². The minimum Gasteiger partial charge on any atom is -0.464 e. The van der Waals surface area contributed by atoms with Crippen LogP contribution in [0.4, 0.5) is 5.69 Å². The highest BCUT2D eigenvalue weighted by Crippen LogP contribution is 2.18. The van der Waals surface area contributed by atoms with Crippen molar-refractivity contribution >= 4 is 29.0 Å². The molecule has 0 radical (unpaired) electrons. The van der Waals surface area contributed by atoms with E-state index in [2.05, 4.69) is 10.1 Å². The normalized spacial score (nSPS) is 10.0. The lowest BCUT2D eigenvalue weighted by atomic mass is 10.1. The van der Waals surface area contributed by atoms with Gasteiger partial charge < -0.3 is 10.1 Å². The van der Waals surface area contributed by atoms with Crippen molar-refractivity contribution in [1.82, 2.24) is 0 Å². The first-order chi connectivity index (χ1) is 10.1. The van der Waals surface area contributed by atoms with Crippen LogP contribution in [0.5, 0.6) is 0 Å². The van der Waals surface area contributed by atoms with Gasteiger partial charge in [-0.3, -0.25) is 5.41 Å². The van der Waals surface area contributed by atoms with E-state index in [-0.39, 0.29) is 5.71 Å². The Kier molecular flexibility index (Phi) is 4.95. The fourth-order valence-electron chi connectivity index (χ4n) is 1.87. The fourth-order valence-corrected chi connectivity index (χ4v) is 1.99. The predicted octanol–water partition coefficient (Wildman–Crippen LogP) is 3.49. The molecule has 0 atom stereocenters. The smallest absolute Gasteiger partial charge is 0.356 e. The van der Waals surface area contributed by atoms with Crippen molar-refractivity contribution < 1.29 is 9.53 Å². The zero-order valence-corrected chi connectivity index (χ0v) is 12.3. The molecule has 0 fully saturated rings. The average molecular weight is 303 g/mol. The molecule has 0 saturated heterocycles. The first-order valence-electron chi connectivity index (χ1n) is 6.36. The standard InChI is InChI=1S/C16H15ClN2O2/c1-21-16(20)15(18)13-4-2-3-5-14(13)19-10-11-6-8-12(17)9-7-11/h2-9,18-19H,10H2,1H3. The van der Waals surface area contributed by atoms with Gasteiger partial charge in [-0.25, -0.2) is 4.79 Å². The van der Waals surface area contributed by atoms with Crippen molar-refractivity contribution in [3.8, 4) is 0 Å². The number of carbonyl (C=O) groups is 1. The largest absolute Gasteiger partial charge is 0.464 e. The Balaban J connectivity index is 2.15. The summed E-state index contributed by atoms with van der Waals surface area (Å²) < 4.78 is 4.59. The first-order valence-corrected chi connectivity index (χ1v) is 6.74. The fraction of sp³-hybridized carbons (Fsp3) is 0.125. The van der Waals surface area contributed by atoms with Gasteiger partial charge in [0.05, 0.1) is 7.11 Å². The highest BCUT2D eigenvalue weighted by molar-refractivity contribution is 6.43. The molecule has 0 heterocycles. The zero-order valence-electron chi connectivity index (χ0n) is 11.5. The second-order valence-corrected chi connectivity index (χ2v) is 4.83. The van der Waals surface area contributed by atoms with Crippen LogP contribution in [0.15, 0.2) is 48.5 Å². The summed E-state index contributed by atoms with van der Waals surface area (Å²) in [7, 11) is 1.26. The summed E-state index contributed by atoms with van der Waals surface area (Å²) in [5.74, 6) is -0.657. The molecule has 0 spiro atoms. The van der Waals surface area contributed by atoms with Gasteiger partial charge in [0.15, 0.2) is 0 Å². The second kappa shape index (κ2) is 6.90. The molecule has 0 amide bonds. The van der Waals surface area contributed by atoms with E-state index < -0.39 is 5.97 Å². The van der Waals surface area contributed by atoms with Crippen LogP contribution >= 0.6 is 11.6 Å². The molecule has 2 rings (SSSR count). The predicted molar refractivity (Wildman–Crippen MR) is 84.1 cm³/mol. The van der Waals surface area contributed by atoms with Crippen LogP contribution in [0, 0.1) is 5.41 Å². The molecule has 0 bridgehead atoms. The van der Waals surface area contributed by atoms with Crippen LogP contribution in [0.3, 0.4) is 0 Å². The molecule has 0 aliphatic rings. The molecule has 2 aromatic rings. The maximum atomic E-state index is 11.5. The summed E-state index contributed by atoms with van der Waals surface area (Å²) in [6.07, 6.45) is 0. The molecule has 2 aromatic carbocycles. The first kappa shape index (κ1) is 15.1. The molecule has 5 heteroatoms. The van der Waals surface area contributed by atoms with E-state index in [9.17, 15) is 4.79 Å². The molecule has 0 aliphatic carbocycles. The van der Waals surface area contributed by atoms with Crippen LogP contribution in [0.25, 0.3) is 0 Å². The van der Waals surface area contributed by atoms with Gasteiger partial charge in [0.1, 0.15) is 5.71 Å². The lowest BCUT2D eigenvalue weighted by Gasteiger charge is -2.12. The highest BCUT2D eigenvalue weighted by Gasteiger charge is 2.15. The van der Waals surface area contributed by atoms with Crippen LogP contribution in [-0.4, -0.2) is 18.8 Å². The third-order valence-corrected chi connectivity index (χ3v) is 3.23. The maximum Gasteiger partial charge on any atom is 0.356 e. The van der Waals surface area contributed by atoms with Gasteiger partial charge in [-0.05, 0) is 23.8 Å². The number of esters is 1. The Morgan fingerprint density at radius 2 is 1.86 bits per heavy atom. The van der Waals surface area contributed by atoms with Crippen molar-refractivity contribution in [2.45, 2.75) is 6.54 Å². The molecule has 108 valence electrons. The van der Waals surface area contributed by atoms with Crippen molar-refractivity contribution in [2.75, 3.05) is 12.4 Å². The van der Waals surface area contributed by atoms with Gasteiger partial charge in [-0.1, -0.05) is 41.9 Å². The third-order valence-electron chi connectivity index (χ3n) is 2.98. The van der Waals surface area contributed by atoms with Crippen LogP contribution in [-0.2, 0) is 16.1 Å². The number of anilines is 1. The number of methoxy groups -OCH3 is 1. The molecule has 0 aliphatic heterocycles. The number of halogens is 1. The maximum absolute atomic E-state index is 11.5. The molecule has 4 nitrogen and oxygen atoms in total. The summed E-state index contributed by atoms with van der Waals surface area (Å²) in [5.41, 5.74) is 2.11. The Hall–Kier alpha value is -2.33. The molecular formula is C16H15ClN2O2. The minimum atomic E-state index is -0.657. The van der Waals surface area contributed by atoms with E-state index in [1.807, 2.05) is 36.4 Å². The van der Waals surface area contributed by atoms with Crippen molar-refractivity contribution in [3.63, 3.8) is 0 Å². The Labute approximate surface area is 128 Å². The number of para-hydroxylation sites is 1. The number of ether oxygens (including phenoxy) is 1. The lowest BCUT2D eigenvalue weighted by molar-refractivity contribution is -0.132. The van der Waals surface area contributed by atoms with E-state index in [1.165, 1.54) is 7.11 Å². The van der Waals surface area contributed by atoms with Crippen molar-refractivity contribution in [1.29, 1.82) is 5.41 Å². The Bertz CT molecular complexity index is 654. The number of benzene rings is 2. The minimum absolute atomic E-state index is 0.170. The lowest BCUT2D eigenvalue weighted by Crippen LogP contribution is -2.17. The quantitative estimate of drug-likeness (QED) is 0.656. The van der Waals surface area contributed by atoms with Crippen molar-refractivity contribution in [2.24, 2.45) is 0 Å². The monoisotopic (exact) mass is 302 g/mol. The van der Waals surface area contributed by atoms with Gasteiger partial charge in [0.25, 0.3) is 0 Å². The Morgan fingerprint density at radius 3 is 2.52 bits per heavy atom. The van der Waals surface area contributed by atoms with E-state index in [4.69, 9.17) is 17.0 Å². The number of nitrogens with one attached hydrogen (secondary N) is 2. The van der Waals surface area contributed by atoms with Crippen LogP contribution in [0.2, 0.25) is 5.02 Å². The van der Waals surface area contributed by atoms with Crippen molar-refractivity contribution in [3.05, 3.63) is 64.7 Å². The second-order valence-electron chi connectivity index (χ2n) is 4.39. The number of rotatable bonds is 5. The average Bonchev–Trinajstić information content (AvgIpc) is 2.53. The number of hydrogen-bond acceptors (Lipinski definition) is 4. The summed E-state index contributed by atoms with van der Waals surface area (Å²) in [5, 5.41) is 11.8. The zero-order chi connectivity index (χ0) is 15.2. The van der Waals surface area contributed by atoms with E-state index >= 15 is 0 Å². The van der Waals surface area contributed by atoms with Gasteiger partial charge in [-0.15, -0.1) is 0 Å². The summed E-state index contributed by atoms with van der Waals surface area (Å²) in [4.78, 5) is 11.5. The molecule has 0 unspecified atom stereocenters. The van der Waals surface area contributed by atoms with Gasteiger partial charge in [-0.2, -0.15) is 0 Å². The highest BCUT2D eigenvalue weighted by atomic mass is 35.5. The van der Waals surface area contributed by atoms with E-state index in [1.54, 1.807) is 12.1 Å². The van der Waals surface area contributed by atoms with Crippen LogP contribution < -0.4 is 5.32 Å². The SMILES string of the molecule is COC(=O)C(=N)c1ccccc1NCc1ccc(Cl)cc1. The van der Waals surface area contributed by atoms with Gasteiger partial charge in [0, 0.05) is 22.8 Å². The molecule has 2 N–H and O–H groups in total. The summed E-state index contributed by atoms with van der Waals surface area (Å²) in [6, 6.07) is 14.6. The van der Waals surface area contributed by atoms with E-state index in [0.717, 1.165) is 5.56 Å². The van der Waals surface area contributed by atoms with Gasteiger partial charge in [0.2, 0.25) is 0 Å². The number of carbonyl (C=O) groups excluding carboxylic acids is 1. The molecule has 0 aromatic heterocycles. The third kappa shape index (κ3) is 3.83. The molecule has 21 heavy (non-hydrogen) atoms. The summed E-state index contributed by atoms with van der Waals surface area (Å²) >= 11 is 5.85. The Morgan fingerprint density at radius 1 is 1.19 bits per heavy atom. The molecule has 0 saturated carbocycles. The van der Waals surface area contributed by atoms with E-state index in [0.29, 0.717) is 22.8 Å². The topological polar surface area (TPSA) is 62.2 Å². The molecular weight excluding hydrogens is 288 g/mol.